The van der Waals surface area contributed by atoms with Crippen molar-refractivity contribution in [3.05, 3.63) is 34.9 Å². The zero-order chi connectivity index (χ0) is 24.6. The van der Waals surface area contributed by atoms with E-state index in [1.807, 2.05) is 6.07 Å². The Bertz CT molecular complexity index is 1030. The van der Waals surface area contributed by atoms with E-state index < -0.39 is 17.9 Å². The van der Waals surface area contributed by atoms with Crippen LogP contribution < -0.4 is 5.32 Å². The van der Waals surface area contributed by atoms with Crippen molar-refractivity contribution in [3.8, 4) is 0 Å². The number of nitrogens with one attached hydrogen (secondary N) is 1. The quantitative estimate of drug-likeness (QED) is 0.528. The number of benzene rings is 1. The number of ketones is 1. The van der Waals surface area contributed by atoms with Gasteiger partial charge in [-0.25, -0.2) is 0 Å². The van der Waals surface area contributed by atoms with Gasteiger partial charge in [-0.05, 0) is 54.2 Å². The van der Waals surface area contributed by atoms with Crippen molar-refractivity contribution >= 4 is 29.4 Å². The molecule has 34 heavy (non-hydrogen) atoms. The van der Waals surface area contributed by atoms with Crippen LogP contribution in [0.4, 0.5) is 0 Å². The standard InChI is InChI=1S/C26H33N3O5/c1-26(2,3)18-10-12-28(13-11-18)25(34)21(30)8-5-16-4-6-19-17(14-16)15-29(24(19)33)20-7-9-22(31)27-23(20)32/h4,6,14,18,20H,5,7-13,15H2,1-3H3,(H,27,31,32). The molecular formula is C26H33N3O5. The summed E-state index contributed by atoms with van der Waals surface area (Å²) < 4.78 is 0. The fourth-order valence-electron chi connectivity index (χ4n) is 5.27. The van der Waals surface area contributed by atoms with E-state index in [1.54, 1.807) is 17.0 Å². The third-order valence-corrected chi connectivity index (χ3v) is 7.47. The SMILES string of the molecule is CC(C)(C)C1CCN(C(=O)C(=O)CCc2ccc3c(c2)CN(C2CCC(=O)NC2=O)C3=O)CC1. The predicted octanol–water partition coefficient (Wildman–Crippen LogP) is 2.23. The number of rotatable bonds is 5. The first-order chi connectivity index (χ1) is 16.0. The molecule has 0 aliphatic carbocycles. The molecule has 2 saturated heterocycles. The topological polar surface area (TPSA) is 104 Å². The number of amides is 4. The van der Waals surface area contributed by atoms with Crippen LogP contribution in [-0.4, -0.2) is 58.3 Å². The van der Waals surface area contributed by atoms with E-state index in [4.69, 9.17) is 0 Å². The highest BCUT2D eigenvalue weighted by Crippen LogP contribution is 2.34. The van der Waals surface area contributed by atoms with E-state index in [0.29, 0.717) is 44.0 Å². The Morgan fingerprint density at radius 2 is 1.76 bits per heavy atom. The Morgan fingerprint density at radius 3 is 2.41 bits per heavy atom. The lowest BCUT2D eigenvalue weighted by Gasteiger charge is -2.38. The molecule has 4 amide bonds. The van der Waals surface area contributed by atoms with Gasteiger partial charge in [0.05, 0.1) is 0 Å². The number of Topliss-reactive ketones (excluding diaryl/α,β-unsaturated/α-hetero) is 1. The average molecular weight is 468 g/mol. The highest BCUT2D eigenvalue weighted by atomic mass is 16.2. The van der Waals surface area contributed by atoms with E-state index in [1.165, 1.54) is 4.90 Å². The van der Waals surface area contributed by atoms with Gasteiger partial charge in [-0.15, -0.1) is 0 Å². The van der Waals surface area contributed by atoms with Gasteiger partial charge in [0.25, 0.3) is 11.8 Å². The molecule has 1 aromatic rings. The molecule has 3 heterocycles. The number of hydrogen-bond donors (Lipinski definition) is 1. The molecule has 182 valence electrons. The van der Waals surface area contributed by atoms with Crippen LogP contribution in [0, 0.1) is 11.3 Å². The minimum atomic E-state index is -0.650. The lowest BCUT2D eigenvalue weighted by atomic mass is 9.75. The molecule has 0 saturated carbocycles. The molecule has 0 bridgehead atoms. The van der Waals surface area contributed by atoms with Crippen LogP contribution in [0.25, 0.3) is 0 Å². The van der Waals surface area contributed by atoms with Crippen LogP contribution in [0.15, 0.2) is 18.2 Å². The summed E-state index contributed by atoms with van der Waals surface area (Å²) in [5, 5.41) is 2.30. The summed E-state index contributed by atoms with van der Waals surface area (Å²) in [5.74, 6) is -1.19. The summed E-state index contributed by atoms with van der Waals surface area (Å²) in [4.78, 5) is 64.8. The van der Waals surface area contributed by atoms with Crippen LogP contribution in [0.5, 0.6) is 0 Å². The van der Waals surface area contributed by atoms with Crippen LogP contribution >= 0.6 is 0 Å². The molecule has 4 rings (SSSR count). The maximum absolute atomic E-state index is 12.8. The predicted molar refractivity (Wildman–Crippen MR) is 125 cm³/mol. The molecule has 1 N–H and O–H groups in total. The zero-order valence-corrected chi connectivity index (χ0v) is 20.2. The molecular weight excluding hydrogens is 434 g/mol. The van der Waals surface area contributed by atoms with Crippen molar-refractivity contribution in [1.29, 1.82) is 0 Å². The molecule has 3 aliphatic heterocycles. The summed E-state index contributed by atoms with van der Waals surface area (Å²) in [6, 6.07) is 4.76. The summed E-state index contributed by atoms with van der Waals surface area (Å²) in [7, 11) is 0. The Kier molecular flexibility index (Phi) is 6.60. The first-order valence-electron chi connectivity index (χ1n) is 12.1. The molecule has 8 heteroatoms. The van der Waals surface area contributed by atoms with Gasteiger partial charge < -0.3 is 9.80 Å². The third-order valence-electron chi connectivity index (χ3n) is 7.47. The highest BCUT2D eigenvalue weighted by molar-refractivity contribution is 6.36. The van der Waals surface area contributed by atoms with Crippen molar-refractivity contribution in [2.75, 3.05) is 13.1 Å². The fraction of sp³-hybridized carbons (Fsp3) is 0.577. The maximum atomic E-state index is 12.8. The summed E-state index contributed by atoms with van der Waals surface area (Å²) in [6.07, 6.45) is 2.92. The molecule has 8 nitrogen and oxygen atoms in total. The van der Waals surface area contributed by atoms with Gasteiger partial charge in [-0.2, -0.15) is 0 Å². The molecule has 0 radical (unpaired) electrons. The van der Waals surface area contributed by atoms with Crippen LogP contribution in [0.1, 0.15) is 74.4 Å². The second-order valence-corrected chi connectivity index (χ2v) is 10.7. The van der Waals surface area contributed by atoms with Gasteiger partial charge in [-0.1, -0.05) is 32.9 Å². The summed E-state index contributed by atoms with van der Waals surface area (Å²) >= 11 is 0. The van der Waals surface area contributed by atoms with Crippen molar-refractivity contribution in [3.63, 3.8) is 0 Å². The maximum Gasteiger partial charge on any atom is 0.289 e. The minimum Gasteiger partial charge on any atom is -0.336 e. The van der Waals surface area contributed by atoms with E-state index in [2.05, 4.69) is 26.1 Å². The fourth-order valence-corrected chi connectivity index (χ4v) is 5.27. The van der Waals surface area contributed by atoms with Crippen molar-refractivity contribution in [1.82, 2.24) is 15.1 Å². The van der Waals surface area contributed by atoms with E-state index >= 15 is 0 Å². The normalized spacial score (nSPS) is 21.5. The largest absolute Gasteiger partial charge is 0.336 e. The van der Waals surface area contributed by atoms with Crippen molar-refractivity contribution in [2.45, 2.75) is 71.9 Å². The minimum absolute atomic E-state index is 0.127. The van der Waals surface area contributed by atoms with E-state index in [-0.39, 0.29) is 35.9 Å². The van der Waals surface area contributed by atoms with Gasteiger partial charge in [0.2, 0.25) is 17.6 Å². The molecule has 1 aromatic carbocycles. The lowest BCUT2D eigenvalue weighted by Crippen LogP contribution is -2.52. The summed E-state index contributed by atoms with van der Waals surface area (Å²) in [5.41, 5.74) is 2.43. The lowest BCUT2D eigenvalue weighted by molar-refractivity contribution is -0.145. The first kappa shape index (κ1) is 24.1. The number of aryl methyl sites for hydroxylation is 1. The Labute approximate surface area is 200 Å². The Balaban J connectivity index is 1.32. The van der Waals surface area contributed by atoms with Gasteiger partial charge in [-0.3, -0.25) is 29.3 Å². The smallest absolute Gasteiger partial charge is 0.289 e. The number of hydrogen-bond acceptors (Lipinski definition) is 5. The number of imide groups is 1. The van der Waals surface area contributed by atoms with Crippen LogP contribution in [-0.2, 0) is 32.1 Å². The van der Waals surface area contributed by atoms with Gasteiger partial charge in [0, 0.05) is 38.0 Å². The number of carbonyl (C=O) groups is 5. The Hall–Kier alpha value is -3.03. The van der Waals surface area contributed by atoms with E-state index in [9.17, 15) is 24.0 Å². The molecule has 3 aliphatic rings. The molecule has 0 aromatic heterocycles. The number of nitrogens with zero attached hydrogens (tertiary/aromatic N) is 2. The molecule has 1 atom stereocenters. The molecule has 2 fully saturated rings. The zero-order valence-electron chi connectivity index (χ0n) is 20.2. The number of carbonyl (C=O) groups excluding carboxylic acids is 5. The van der Waals surface area contributed by atoms with Crippen LogP contribution in [0.2, 0.25) is 0 Å². The molecule has 1 unspecified atom stereocenters. The Morgan fingerprint density at radius 1 is 1.06 bits per heavy atom. The summed E-state index contributed by atoms with van der Waals surface area (Å²) in [6.45, 7) is 8.20. The first-order valence-corrected chi connectivity index (χ1v) is 12.1. The third kappa shape index (κ3) is 4.91. The second kappa shape index (κ2) is 9.31. The van der Waals surface area contributed by atoms with Gasteiger partial charge in [0.15, 0.2) is 0 Å². The number of fused-ring (bicyclic) bond motifs is 1. The number of likely N-dealkylation sites (tertiary alicyclic amines) is 1. The monoisotopic (exact) mass is 467 g/mol. The van der Waals surface area contributed by atoms with Gasteiger partial charge in [0.1, 0.15) is 6.04 Å². The second-order valence-electron chi connectivity index (χ2n) is 10.7. The van der Waals surface area contributed by atoms with Crippen molar-refractivity contribution < 1.29 is 24.0 Å². The number of piperidine rings is 2. The molecule has 0 spiro atoms. The average Bonchev–Trinajstić information content (AvgIpc) is 3.12. The van der Waals surface area contributed by atoms with Crippen molar-refractivity contribution in [2.24, 2.45) is 11.3 Å². The van der Waals surface area contributed by atoms with E-state index in [0.717, 1.165) is 24.0 Å². The van der Waals surface area contributed by atoms with Crippen LogP contribution in [0.3, 0.4) is 0 Å². The van der Waals surface area contributed by atoms with Gasteiger partial charge >= 0.3 is 0 Å². The highest BCUT2D eigenvalue weighted by Gasteiger charge is 2.39.